The molecule has 1 aromatic carbocycles. The lowest BCUT2D eigenvalue weighted by molar-refractivity contribution is 0.311. The van der Waals surface area contributed by atoms with Gasteiger partial charge in [-0.1, -0.05) is 30.3 Å². The molecular formula is C16H29O9P3. The van der Waals surface area contributed by atoms with Crippen LogP contribution in [0.15, 0.2) is 30.3 Å². The summed E-state index contributed by atoms with van der Waals surface area (Å²) in [5, 5.41) is 0. The third-order valence-electron chi connectivity index (χ3n) is 4.70. The molecule has 0 aliphatic carbocycles. The number of hydrogen-bond acceptors (Lipinski definition) is 3. The van der Waals surface area contributed by atoms with Crippen molar-refractivity contribution in [3.8, 4) is 0 Å². The minimum atomic E-state index is -4.20. The second-order valence-corrected chi connectivity index (χ2v) is 12.5. The molecule has 0 saturated carbocycles. The number of hydrogen-bond donors (Lipinski definition) is 6. The molecule has 0 spiro atoms. The Morgan fingerprint density at radius 1 is 0.607 bits per heavy atom. The first-order valence-corrected chi connectivity index (χ1v) is 14.3. The minimum Gasteiger partial charge on any atom is -0.324 e. The van der Waals surface area contributed by atoms with Crippen LogP contribution in [0.25, 0.3) is 0 Å². The molecule has 0 bridgehead atoms. The van der Waals surface area contributed by atoms with Gasteiger partial charge >= 0.3 is 22.8 Å². The molecule has 0 aromatic heterocycles. The molecule has 0 fully saturated rings. The van der Waals surface area contributed by atoms with E-state index in [1.807, 2.05) is 12.1 Å². The first kappa shape index (κ1) is 25.7. The maximum Gasteiger partial charge on any atom is 0.325 e. The second-order valence-electron chi connectivity index (χ2n) is 7.12. The predicted molar refractivity (Wildman–Crippen MR) is 107 cm³/mol. The molecule has 0 unspecified atom stereocenters. The fourth-order valence-corrected chi connectivity index (χ4v) is 5.18. The molecule has 12 heteroatoms. The Hall–Kier alpha value is -0.330. The summed E-state index contributed by atoms with van der Waals surface area (Å²) < 4.78 is 33.7. The van der Waals surface area contributed by atoms with Crippen molar-refractivity contribution in [2.24, 2.45) is 0 Å². The summed E-state index contributed by atoms with van der Waals surface area (Å²) in [5.41, 5.74) is 0.151. The first-order valence-electron chi connectivity index (χ1n) is 8.92. The molecule has 1 rings (SSSR count). The van der Waals surface area contributed by atoms with Gasteiger partial charge in [0.25, 0.3) is 0 Å². The van der Waals surface area contributed by atoms with Gasteiger partial charge in [0, 0.05) is 18.5 Å². The average molecular weight is 458 g/mol. The third-order valence-corrected chi connectivity index (χ3v) is 7.40. The summed E-state index contributed by atoms with van der Waals surface area (Å²) in [6.07, 6.45) is 0.607. The van der Waals surface area contributed by atoms with E-state index in [-0.39, 0.29) is 37.7 Å². The van der Waals surface area contributed by atoms with Crippen molar-refractivity contribution in [2.45, 2.75) is 43.9 Å². The number of rotatable bonds is 13. The van der Waals surface area contributed by atoms with E-state index in [4.69, 9.17) is 29.4 Å². The normalized spacial score (nSPS) is 13.6. The summed E-state index contributed by atoms with van der Waals surface area (Å²) >= 11 is 0. The fraction of sp³-hybridized carbons (Fsp3) is 0.625. The largest absolute Gasteiger partial charge is 0.325 e. The Morgan fingerprint density at radius 2 is 0.929 bits per heavy atom. The lowest BCUT2D eigenvalue weighted by Crippen LogP contribution is -2.28. The van der Waals surface area contributed by atoms with E-state index in [0.29, 0.717) is 19.3 Å². The van der Waals surface area contributed by atoms with Gasteiger partial charge in [0.05, 0.1) is 0 Å². The maximum absolute atomic E-state index is 11.2. The zero-order chi connectivity index (χ0) is 21.5. The fourth-order valence-electron chi connectivity index (χ4n) is 3.47. The molecule has 0 heterocycles. The molecule has 0 atom stereocenters. The van der Waals surface area contributed by atoms with E-state index in [2.05, 4.69) is 0 Å². The SMILES string of the molecule is O=P(O)(O)CCCC(CCCP(=O)(O)O)(CCCP(=O)(O)O)c1ccccc1. The maximum atomic E-state index is 11.2. The van der Waals surface area contributed by atoms with E-state index in [9.17, 15) is 13.7 Å². The Morgan fingerprint density at radius 3 is 1.21 bits per heavy atom. The van der Waals surface area contributed by atoms with Crippen LogP contribution < -0.4 is 0 Å². The zero-order valence-corrected chi connectivity index (χ0v) is 18.2. The lowest BCUT2D eigenvalue weighted by Gasteiger charge is -2.35. The molecule has 6 N–H and O–H groups in total. The van der Waals surface area contributed by atoms with Gasteiger partial charge in [-0.25, -0.2) is 0 Å². The van der Waals surface area contributed by atoms with Crippen molar-refractivity contribution >= 4 is 22.8 Å². The Bertz CT molecular complexity index is 666. The van der Waals surface area contributed by atoms with Gasteiger partial charge < -0.3 is 29.4 Å². The van der Waals surface area contributed by atoms with Crippen LogP contribution in [-0.4, -0.2) is 47.8 Å². The van der Waals surface area contributed by atoms with Crippen LogP contribution in [0.4, 0.5) is 0 Å². The van der Waals surface area contributed by atoms with Crippen molar-refractivity contribution in [2.75, 3.05) is 18.5 Å². The molecule has 9 nitrogen and oxygen atoms in total. The lowest BCUT2D eigenvalue weighted by atomic mass is 9.70. The van der Waals surface area contributed by atoms with Gasteiger partial charge in [0.15, 0.2) is 0 Å². The molecular weight excluding hydrogens is 429 g/mol. The van der Waals surface area contributed by atoms with Gasteiger partial charge in [0.2, 0.25) is 0 Å². The van der Waals surface area contributed by atoms with Crippen molar-refractivity contribution in [1.29, 1.82) is 0 Å². The van der Waals surface area contributed by atoms with Gasteiger partial charge in [-0.15, -0.1) is 0 Å². The molecule has 28 heavy (non-hydrogen) atoms. The Balaban J connectivity index is 3.09. The van der Waals surface area contributed by atoms with Gasteiger partial charge in [-0.3, -0.25) is 13.7 Å². The van der Waals surface area contributed by atoms with Gasteiger partial charge in [-0.05, 0) is 49.5 Å². The van der Waals surface area contributed by atoms with Crippen molar-refractivity contribution in [3.63, 3.8) is 0 Å². The minimum absolute atomic E-state index is 0.186. The van der Waals surface area contributed by atoms with Crippen LogP contribution in [0.3, 0.4) is 0 Å². The molecule has 162 valence electrons. The van der Waals surface area contributed by atoms with Crippen molar-refractivity contribution < 1.29 is 43.1 Å². The Kier molecular flexibility index (Phi) is 9.75. The van der Waals surface area contributed by atoms with Gasteiger partial charge in [-0.2, -0.15) is 0 Å². The standard InChI is InChI=1S/C16H29O9P3/c17-26(18,19)12-4-9-16(10-5-13-27(20,21)22,11-6-14-28(23,24)25)15-7-2-1-3-8-15/h1-3,7-8H,4-6,9-14H2,(H2,17,18,19)(H2,20,21,22)(H2,23,24,25). The van der Waals surface area contributed by atoms with E-state index < -0.39 is 28.2 Å². The average Bonchev–Trinajstić information content (AvgIpc) is 2.51. The zero-order valence-electron chi connectivity index (χ0n) is 15.5. The molecule has 0 aliphatic heterocycles. The molecule has 0 radical (unpaired) electrons. The predicted octanol–water partition coefficient (Wildman–Crippen LogP) is 2.80. The molecule has 1 aromatic rings. The quantitative estimate of drug-likeness (QED) is 0.243. The highest BCUT2D eigenvalue weighted by atomic mass is 31.2. The molecule has 0 aliphatic rings. The summed E-state index contributed by atoms with van der Waals surface area (Å²) in [6, 6.07) is 9.03. The molecule has 0 saturated heterocycles. The highest BCUT2D eigenvalue weighted by molar-refractivity contribution is 7.52. The van der Waals surface area contributed by atoms with Crippen LogP contribution in [0.5, 0.6) is 0 Å². The second kappa shape index (κ2) is 10.6. The summed E-state index contributed by atoms with van der Waals surface area (Å²) in [7, 11) is -12.6. The van der Waals surface area contributed by atoms with E-state index in [1.165, 1.54) is 0 Å². The number of benzene rings is 1. The van der Waals surface area contributed by atoms with E-state index in [0.717, 1.165) is 5.56 Å². The van der Waals surface area contributed by atoms with Crippen molar-refractivity contribution in [1.82, 2.24) is 0 Å². The Labute approximate surface area is 164 Å². The van der Waals surface area contributed by atoms with Crippen LogP contribution in [-0.2, 0) is 19.1 Å². The highest BCUT2D eigenvalue weighted by Crippen LogP contribution is 2.46. The van der Waals surface area contributed by atoms with E-state index in [1.54, 1.807) is 18.2 Å². The van der Waals surface area contributed by atoms with Crippen LogP contribution in [0.1, 0.15) is 44.1 Å². The van der Waals surface area contributed by atoms with Crippen molar-refractivity contribution in [3.05, 3.63) is 35.9 Å². The van der Waals surface area contributed by atoms with Crippen LogP contribution in [0.2, 0.25) is 0 Å². The van der Waals surface area contributed by atoms with Crippen LogP contribution in [0, 0.1) is 0 Å². The highest BCUT2D eigenvalue weighted by Gasteiger charge is 2.33. The van der Waals surface area contributed by atoms with Crippen LogP contribution >= 0.6 is 22.8 Å². The van der Waals surface area contributed by atoms with E-state index >= 15 is 0 Å². The summed E-state index contributed by atoms with van der Waals surface area (Å²) in [6.45, 7) is 0. The monoisotopic (exact) mass is 458 g/mol. The smallest absolute Gasteiger partial charge is 0.324 e. The summed E-state index contributed by atoms with van der Waals surface area (Å²) in [5.74, 6) is 0. The molecule has 0 amide bonds. The topological polar surface area (TPSA) is 173 Å². The van der Waals surface area contributed by atoms with Gasteiger partial charge in [0.1, 0.15) is 0 Å². The third kappa shape index (κ3) is 11.0. The first-order chi connectivity index (χ1) is 12.7. The summed E-state index contributed by atoms with van der Waals surface area (Å²) in [4.78, 5) is 54.9.